The Labute approximate surface area is 155 Å². The van der Waals surface area contributed by atoms with Gasteiger partial charge in [-0.25, -0.2) is 18.9 Å². The van der Waals surface area contributed by atoms with E-state index in [1.54, 1.807) is 22.8 Å². The van der Waals surface area contributed by atoms with Crippen molar-refractivity contribution in [3.8, 4) is 22.5 Å². The van der Waals surface area contributed by atoms with Gasteiger partial charge < -0.3 is 11.1 Å². The Morgan fingerprint density at radius 3 is 2.74 bits per heavy atom. The largest absolute Gasteiger partial charge is 0.354 e. The number of rotatable bonds is 6. The van der Waals surface area contributed by atoms with Crippen LogP contribution in [0.25, 0.3) is 28.0 Å². The van der Waals surface area contributed by atoms with Gasteiger partial charge in [0, 0.05) is 24.5 Å². The molecule has 6 nitrogen and oxygen atoms in total. The minimum Gasteiger partial charge on any atom is -0.354 e. The van der Waals surface area contributed by atoms with Crippen LogP contribution in [0, 0.1) is 5.82 Å². The van der Waals surface area contributed by atoms with Crippen LogP contribution < -0.4 is 11.1 Å². The zero-order valence-electron chi connectivity index (χ0n) is 14.6. The Kier molecular flexibility index (Phi) is 4.76. The van der Waals surface area contributed by atoms with Crippen LogP contribution in [0.1, 0.15) is 6.42 Å². The molecule has 0 unspecified atom stereocenters. The van der Waals surface area contributed by atoms with Crippen molar-refractivity contribution in [2.24, 2.45) is 5.73 Å². The lowest BCUT2D eigenvalue weighted by Gasteiger charge is -2.07. The lowest BCUT2D eigenvalue weighted by atomic mass is 10.0. The first-order valence-corrected chi connectivity index (χ1v) is 8.77. The third kappa shape index (κ3) is 3.50. The van der Waals surface area contributed by atoms with Crippen molar-refractivity contribution in [1.29, 1.82) is 0 Å². The molecule has 4 aromatic rings. The summed E-state index contributed by atoms with van der Waals surface area (Å²) in [7, 11) is 0. The molecule has 7 heteroatoms. The first kappa shape index (κ1) is 17.1. The number of anilines is 1. The number of pyridine rings is 1. The van der Waals surface area contributed by atoms with Gasteiger partial charge in [-0.3, -0.25) is 0 Å². The Bertz CT molecular complexity index is 1060. The molecule has 0 aliphatic carbocycles. The summed E-state index contributed by atoms with van der Waals surface area (Å²) >= 11 is 0. The molecule has 0 saturated carbocycles. The zero-order chi connectivity index (χ0) is 18.6. The molecule has 3 aromatic heterocycles. The highest BCUT2D eigenvalue weighted by Gasteiger charge is 2.18. The molecule has 3 N–H and O–H groups in total. The van der Waals surface area contributed by atoms with Gasteiger partial charge in [0.1, 0.15) is 11.5 Å². The number of nitrogens with zero attached hydrogens (tertiary/aromatic N) is 4. The minimum absolute atomic E-state index is 0.280. The molecule has 4 rings (SSSR count). The minimum atomic E-state index is -0.280. The molecular formula is C20H19FN6. The number of hydrogen-bond acceptors (Lipinski definition) is 5. The smallest absolute Gasteiger partial charge is 0.223 e. The van der Waals surface area contributed by atoms with Gasteiger partial charge in [-0.1, -0.05) is 6.07 Å². The van der Waals surface area contributed by atoms with E-state index in [-0.39, 0.29) is 5.82 Å². The first-order valence-electron chi connectivity index (χ1n) is 8.77. The molecule has 0 bridgehead atoms. The third-order valence-electron chi connectivity index (χ3n) is 4.23. The molecule has 1 aromatic carbocycles. The summed E-state index contributed by atoms with van der Waals surface area (Å²) in [6, 6.07) is 14.0. The number of halogens is 1. The van der Waals surface area contributed by atoms with E-state index in [4.69, 9.17) is 10.8 Å². The molecule has 0 saturated heterocycles. The SMILES string of the molecule is NCCCNc1nccc(-c2c(-c3ccc(F)cc3)nn3ccccc23)n1. The van der Waals surface area contributed by atoms with Crippen LogP contribution in [0.5, 0.6) is 0 Å². The van der Waals surface area contributed by atoms with Crippen LogP contribution in [0.2, 0.25) is 0 Å². The Morgan fingerprint density at radius 1 is 1.07 bits per heavy atom. The van der Waals surface area contributed by atoms with Gasteiger partial charge in [0.15, 0.2) is 0 Å². The zero-order valence-corrected chi connectivity index (χ0v) is 14.6. The number of nitrogens with one attached hydrogen (secondary N) is 1. The Balaban J connectivity index is 1.84. The summed E-state index contributed by atoms with van der Waals surface area (Å²) in [4.78, 5) is 8.93. The van der Waals surface area contributed by atoms with E-state index in [2.05, 4.69) is 15.3 Å². The van der Waals surface area contributed by atoms with Gasteiger partial charge >= 0.3 is 0 Å². The second-order valence-corrected chi connectivity index (χ2v) is 6.10. The monoisotopic (exact) mass is 362 g/mol. The van der Waals surface area contributed by atoms with E-state index in [1.165, 1.54) is 12.1 Å². The van der Waals surface area contributed by atoms with Crippen LogP contribution in [-0.4, -0.2) is 32.7 Å². The van der Waals surface area contributed by atoms with Crippen molar-refractivity contribution < 1.29 is 4.39 Å². The van der Waals surface area contributed by atoms with E-state index in [0.29, 0.717) is 19.0 Å². The van der Waals surface area contributed by atoms with E-state index in [1.807, 2.05) is 30.5 Å². The molecule has 27 heavy (non-hydrogen) atoms. The highest BCUT2D eigenvalue weighted by atomic mass is 19.1. The van der Waals surface area contributed by atoms with Crippen LogP contribution in [-0.2, 0) is 0 Å². The molecule has 0 atom stereocenters. The van der Waals surface area contributed by atoms with Crippen LogP contribution in [0.3, 0.4) is 0 Å². The molecular weight excluding hydrogens is 343 g/mol. The summed E-state index contributed by atoms with van der Waals surface area (Å²) in [5.74, 6) is 0.263. The molecule has 0 radical (unpaired) electrons. The summed E-state index contributed by atoms with van der Waals surface area (Å²) < 4.78 is 15.2. The lowest BCUT2D eigenvalue weighted by molar-refractivity contribution is 0.628. The van der Waals surface area contributed by atoms with Gasteiger partial charge in [-0.05, 0) is 55.4 Å². The number of nitrogens with two attached hydrogens (primary N) is 1. The van der Waals surface area contributed by atoms with Crippen molar-refractivity contribution in [3.05, 3.63) is 66.7 Å². The van der Waals surface area contributed by atoms with E-state index in [9.17, 15) is 4.39 Å². The van der Waals surface area contributed by atoms with E-state index < -0.39 is 0 Å². The van der Waals surface area contributed by atoms with Crippen molar-refractivity contribution in [2.45, 2.75) is 6.42 Å². The number of aromatic nitrogens is 4. The molecule has 136 valence electrons. The van der Waals surface area contributed by atoms with E-state index in [0.717, 1.165) is 34.5 Å². The molecule has 0 amide bonds. The summed E-state index contributed by atoms with van der Waals surface area (Å²) in [6.45, 7) is 1.31. The quantitative estimate of drug-likeness (QED) is 0.514. The summed E-state index contributed by atoms with van der Waals surface area (Å²) in [6.07, 6.45) is 4.44. The maximum Gasteiger partial charge on any atom is 0.223 e. The molecule has 0 fully saturated rings. The molecule has 3 heterocycles. The normalized spacial score (nSPS) is 11.0. The summed E-state index contributed by atoms with van der Waals surface area (Å²) in [5.41, 5.74) is 9.66. The Morgan fingerprint density at radius 2 is 1.93 bits per heavy atom. The fourth-order valence-electron chi connectivity index (χ4n) is 2.95. The van der Waals surface area contributed by atoms with Crippen LogP contribution in [0.4, 0.5) is 10.3 Å². The Hall–Kier alpha value is -3.32. The standard InChI is InChI=1S/C20H19FN6/c21-15-7-5-14(6-8-15)19-18(17-4-1-2-13-27(17)26-19)16-9-12-24-20(25-16)23-11-3-10-22/h1-2,4-9,12-13H,3,10-11,22H2,(H,23,24,25). The van der Waals surface area contributed by atoms with Crippen molar-refractivity contribution >= 4 is 11.5 Å². The topological polar surface area (TPSA) is 81.1 Å². The average molecular weight is 362 g/mol. The van der Waals surface area contributed by atoms with Crippen LogP contribution >= 0.6 is 0 Å². The van der Waals surface area contributed by atoms with Gasteiger partial charge in [-0.15, -0.1) is 0 Å². The highest BCUT2D eigenvalue weighted by Crippen LogP contribution is 2.34. The maximum atomic E-state index is 13.4. The second-order valence-electron chi connectivity index (χ2n) is 6.10. The van der Waals surface area contributed by atoms with Gasteiger partial charge in [0.25, 0.3) is 0 Å². The van der Waals surface area contributed by atoms with Crippen molar-refractivity contribution in [3.63, 3.8) is 0 Å². The van der Waals surface area contributed by atoms with E-state index >= 15 is 0 Å². The maximum absolute atomic E-state index is 13.4. The lowest BCUT2D eigenvalue weighted by Crippen LogP contribution is -2.10. The van der Waals surface area contributed by atoms with Crippen LogP contribution in [0.15, 0.2) is 60.9 Å². The first-order chi connectivity index (χ1) is 13.3. The fourth-order valence-corrected chi connectivity index (χ4v) is 2.95. The third-order valence-corrected chi connectivity index (χ3v) is 4.23. The number of benzene rings is 1. The molecule has 0 aliphatic rings. The molecule has 0 aliphatic heterocycles. The predicted octanol–water partition coefficient (Wildman–Crippen LogP) is 3.36. The van der Waals surface area contributed by atoms with Gasteiger partial charge in [0.05, 0.1) is 16.8 Å². The number of fused-ring (bicyclic) bond motifs is 1. The van der Waals surface area contributed by atoms with Crippen molar-refractivity contribution in [2.75, 3.05) is 18.4 Å². The predicted molar refractivity (Wildman–Crippen MR) is 104 cm³/mol. The summed E-state index contributed by atoms with van der Waals surface area (Å²) in [5, 5.41) is 7.87. The van der Waals surface area contributed by atoms with Gasteiger partial charge in [0.2, 0.25) is 5.95 Å². The fraction of sp³-hybridized carbons (Fsp3) is 0.150. The number of hydrogen-bond donors (Lipinski definition) is 2. The average Bonchev–Trinajstić information content (AvgIpc) is 3.08. The molecule has 0 spiro atoms. The van der Waals surface area contributed by atoms with Gasteiger partial charge in [-0.2, -0.15) is 5.10 Å². The second kappa shape index (κ2) is 7.51. The van der Waals surface area contributed by atoms with Crippen molar-refractivity contribution in [1.82, 2.24) is 19.6 Å². The highest BCUT2D eigenvalue weighted by molar-refractivity contribution is 5.90.